The zero-order valence-electron chi connectivity index (χ0n) is 15.4. The van der Waals surface area contributed by atoms with Crippen molar-refractivity contribution in [2.45, 2.75) is 13.8 Å². The fraction of sp³-hybridized carbons (Fsp3) is 0.118. The molecule has 2 rings (SSSR count). The lowest BCUT2D eigenvalue weighted by molar-refractivity contribution is -0.385. The molecule has 0 fully saturated rings. The lowest BCUT2D eigenvalue weighted by atomic mass is 10.2. The largest absolute Gasteiger partial charge is 0.410 e. The Kier molecular flexibility index (Phi) is 6.90. The average Bonchev–Trinajstić information content (AvgIpc) is 2.71. The van der Waals surface area contributed by atoms with Crippen LogP contribution in [0.25, 0.3) is 0 Å². The van der Waals surface area contributed by atoms with Crippen molar-refractivity contribution in [2.75, 3.05) is 10.9 Å². The minimum atomic E-state index is -0.507. The maximum absolute atomic E-state index is 10.7. The molecule has 0 aromatic heterocycles. The zero-order valence-corrected chi connectivity index (χ0v) is 15.4. The van der Waals surface area contributed by atoms with Gasteiger partial charge in [0.15, 0.2) is 0 Å². The van der Waals surface area contributed by atoms with Gasteiger partial charge in [0.05, 0.1) is 32.6 Å². The van der Waals surface area contributed by atoms with Crippen LogP contribution < -0.4 is 10.9 Å². The van der Waals surface area contributed by atoms with Crippen LogP contribution >= 0.6 is 0 Å². The third kappa shape index (κ3) is 5.82. The summed E-state index contributed by atoms with van der Waals surface area (Å²) >= 11 is 0. The van der Waals surface area contributed by atoms with E-state index >= 15 is 0 Å². The molecule has 29 heavy (non-hydrogen) atoms. The van der Waals surface area contributed by atoms with E-state index in [-0.39, 0.29) is 17.1 Å². The molecule has 12 nitrogen and oxygen atoms in total. The van der Waals surface area contributed by atoms with Crippen molar-refractivity contribution in [3.8, 4) is 0 Å². The summed E-state index contributed by atoms with van der Waals surface area (Å²) in [4.78, 5) is 20.3. The minimum Gasteiger partial charge on any atom is -0.410 e. The Morgan fingerprint density at radius 2 is 1.14 bits per heavy atom. The molecule has 0 aliphatic rings. The van der Waals surface area contributed by atoms with Gasteiger partial charge < -0.3 is 5.21 Å². The number of nitro groups is 2. The molecule has 3 N–H and O–H groups in total. The number of oxime groups is 1. The minimum absolute atomic E-state index is 0.0471. The number of hydrazone groups is 2. The van der Waals surface area contributed by atoms with Gasteiger partial charge in [-0.1, -0.05) is 5.16 Å². The second-order valence-electron chi connectivity index (χ2n) is 5.67. The summed E-state index contributed by atoms with van der Waals surface area (Å²) in [5, 5.41) is 41.9. The molecule has 12 heteroatoms. The highest BCUT2D eigenvalue weighted by Crippen LogP contribution is 2.16. The maximum atomic E-state index is 10.7. The van der Waals surface area contributed by atoms with Crippen molar-refractivity contribution < 1.29 is 15.1 Å². The highest BCUT2D eigenvalue weighted by molar-refractivity contribution is 6.67. The summed E-state index contributed by atoms with van der Waals surface area (Å²) in [6.45, 7) is 3.16. The highest BCUT2D eigenvalue weighted by Gasteiger charge is 2.10. The predicted molar refractivity (Wildman–Crippen MR) is 109 cm³/mol. The third-order valence-electron chi connectivity index (χ3n) is 3.65. The van der Waals surface area contributed by atoms with Crippen LogP contribution in [0.15, 0.2) is 63.9 Å². The van der Waals surface area contributed by atoms with Crippen LogP contribution in [0.4, 0.5) is 22.7 Å². The molecule has 0 saturated carbocycles. The number of anilines is 2. The van der Waals surface area contributed by atoms with Gasteiger partial charge in [-0.25, -0.2) is 0 Å². The van der Waals surface area contributed by atoms with Crippen LogP contribution in [0, 0.1) is 20.2 Å². The summed E-state index contributed by atoms with van der Waals surface area (Å²) in [7, 11) is 0. The summed E-state index contributed by atoms with van der Waals surface area (Å²) < 4.78 is 0. The molecule has 0 radical (unpaired) electrons. The van der Waals surface area contributed by atoms with Gasteiger partial charge in [-0.05, 0) is 38.1 Å². The SMILES string of the molecule is C/C(=N\Nc1ccc([N+](=O)[O-])cc1)C(=NO)/C(C)=N/Nc1ccc([N+](=O)[O-])cc1. The van der Waals surface area contributed by atoms with E-state index in [1.165, 1.54) is 48.5 Å². The van der Waals surface area contributed by atoms with Gasteiger partial charge in [0.1, 0.15) is 5.71 Å². The van der Waals surface area contributed by atoms with Gasteiger partial charge in [-0.3, -0.25) is 31.1 Å². The van der Waals surface area contributed by atoms with E-state index in [9.17, 15) is 25.4 Å². The van der Waals surface area contributed by atoms with Crippen molar-refractivity contribution in [1.29, 1.82) is 0 Å². The first-order valence-corrected chi connectivity index (χ1v) is 8.14. The number of hydrogen-bond acceptors (Lipinski definition) is 10. The number of nitro benzene ring substituents is 2. The van der Waals surface area contributed by atoms with E-state index in [4.69, 9.17) is 0 Å². The maximum Gasteiger partial charge on any atom is 0.269 e. The molecular formula is C17H17N7O5. The fourth-order valence-electron chi connectivity index (χ4n) is 2.12. The molecule has 2 aromatic carbocycles. The van der Waals surface area contributed by atoms with Crippen LogP contribution in [0.1, 0.15) is 13.8 Å². The van der Waals surface area contributed by atoms with Gasteiger partial charge in [-0.15, -0.1) is 0 Å². The van der Waals surface area contributed by atoms with Crippen molar-refractivity contribution in [1.82, 2.24) is 0 Å². The molecule has 0 unspecified atom stereocenters. The van der Waals surface area contributed by atoms with Crippen LogP contribution in [0.3, 0.4) is 0 Å². The molecule has 0 heterocycles. The Bertz CT molecular complexity index is 905. The number of non-ortho nitro benzene ring substituents is 2. The molecule has 0 spiro atoms. The van der Waals surface area contributed by atoms with Crippen LogP contribution in [0.5, 0.6) is 0 Å². The number of rotatable bonds is 8. The third-order valence-corrected chi connectivity index (χ3v) is 3.65. The van der Waals surface area contributed by atoms with Gasteiger partial charge in [0.25, 0.3) is 11.4 Å². The van der Waals surface area contributed by atoms with Gasteiger partial charge in [0, 0.05) is 24.3 Å². The smallest absolute Gasteiger partial charge is 0.269 e. The number of nitrogens with one attached hydrogen (secondary N) is 2. The second kappa shape index (κ2) is 9.55. The van der Waals surface area contributed by atoms with E-state index in [0.717, 1.165) is 0 Å². The topological polar surface area (TPSA) is 168 Å². The van der Waals surface area contributed by atoms with Crippen molar-refractivity contribution in [2.24, 2.45) is 15.4 Å². The monoisotopic (exact) mass is 399 g/mol. The van der Waals surface area contributed by atoms with E-state index in [0.29, 0.717) is 22.8 Å². The standard InChI is InChI=1S/C17H17N7O5/c1-11(18-20-13-3-7-15(8-4-13)23(26)27)17(22-25)12(2)19-21-14-5-9-16(10-6-14)24(28)29/h3-10,20-21,25H,1-2H3/b18-11+,19-12+. The number of hydrogen-bond donors (Lipinski definition) is 3. The molecule has 0 aliphatic carbocycles. The highest BCUT2D eigenvalue weighted by atomic mass is 16.6. The zero-order chi connectivity index (χ0) is 21.4. The summed E-state index contributed by atoms with van der Waals surface area (Å²) in [5.74, 6) is 0. The molecule has 0 saturated heterocycles. The average molecular weight is 399 g/mol. The van der Waals surface area contributed by atoms with Crippen LogP contribution in [-0.4, -0.2) is 32.2 Å². The summed E-state index contributed by atoms with van der Waals surface area (Å²) in [5.41, 5.74) is 7.02. The van der Waals surface area contributed by atoms with E-state index in [2.05, 4.69) is 26.2 Å². The molecular weight excluding hydrogens is 382 g/mol. The Morgan fingerprint density at radius 1 is 0.793 bits per heavy atom. The van der Waals surface area contributed by atoms with Crippen molar-refractivity contribution >= 4 is 39.9 Å². The Balaban J connectivity index is 2.05. The molecule has 0 amide bonds. The number of nitrogens with zero attached hydrogens (tertiary/aromatic N) is 5. The first kappa shape index (κ1) is 21.0. The molecule has 150 valence electrons. The summed E-state index contributed by atoms with van der Waals surface area (Å²) in [6, 6.07) is 11.3. The van der Waals surface area contributed by atoms with E-state index in [1.807, 2.05) is 0 Å². The molecule has 0 bridgehead atoms. The molecule has 0 aliphatic heterocycles. The Hall–Kier alpha value is -4.35. The van der Waals surface area contributed by atoms with Gasteiger partial charge in [0.2, 0.25) is 0 Å². The fourth-order valence-corrected chi connectivity index (χ4v) is 2.12. The normalized spacial score (nSPS) is 11.5. The first-order chi connectivity index (χ1) is 13.8. The van der Waals surface area contributed by atoms with E-state index < -0.39 is 9.85 Å². The van der Waals surface area contributed by atoms with Gasteiger partial charge >= 0.3 is 0 Å². The van der Waals surface area contributed by atoms with Crippen LogP contribution in [-0.2, 0) is 0 Å². The predicted octanol–water partition coefficient (Wildman–Crippen LogP) is 3.61. The van der Waals surface area contributed by atoms with Gasteiger partial charge in [-0.2, -0.15) is 10.2 Å². The Labute approximate surface area is 164 Å². The quantitative estimate of drug-likeness (QED) is 0.263. The first-order valence-electron chi connectivity index (χ1n) is 8.14. The van der Waals surface area contributed by atoms with E-state index in [1.54, 1.807) is 13.8 Å². The second-order valence-corrected chi connectivity index (χ2v) is 5.67. The van der Waals surface area contributed by atoms with Crippen molar-refractivity contribution in [3.05, 3.63) is 68.8 Å². The molecule has 2 aromatic rings. The molecule has 0 atom stereocenters. The lowest BCUT2D eigenvalue weighted by Crippen LogP contribution is -2.22. The lowest BCUT2D eigenvalue weighted by Gasteiger charge is -2.06. The summed E-state index contributed by atoms with van der Waals surface area (Å²) in [6.07, 6.45) is 0. The number of benzene rings is 2. The van der Waals surface area contributed by atoms with Crippen LogP contribution in [0.2, 0.25) is 0 Å². The Morgan fingerprint density at radius 3 is 1.41 bits per heavy atom. The van der Waals surface area contributed by atoms with Crippen molar-refractivity contribution in [3.63, 3.8) is 0 Å².